The van der Waals surface area contributed by atoms with E-state index in [1.165, 1.54) is 0 Å². The van der Waals surface area contributed by atoms with Gasteiger partial charge in [0, 0.05) is 11.1 Å². The van der Waals surface area contributed by atoms with Gasteiger partial charge in [-0.2, -0.15) is 0 Å². The summed E-state index contributed by atoms with van der Waals surface area (Å²) < 4.78 is 18.4. The Morgan fingerprint density at radius 1 is 0.879 bits per heavy atom. The highest BCUT2D eigenvalue weighted by molar-refractivity contribution is 5.78. The van der Waals surface area contributed by atoms with Crippen LogP contribution in [0.1, 0.15) is 37.5 Å². The molecular weight excluding hydrogens is 414 g/mol. The van der Waals surface area contributed by atoms with Crippen LogP contribution in [0.15, 0.2) is 91.0 Å². The normalized spacial score (nSPS) is 19.8. The van der Waals surface area contributed by atoms with Gasteiger partial charge in [-0.05, 0) is 26.3 Å². The van der Waals surface area contributed by atoms with Gasteiger partial charge in [0.15, 0.2) is 5.72 Å². The molecule has 1 fully saturated rings. The summed E-state index contributed by atoms with van der Waals surface area (Å²) in [5, 5.41) is 3.48. The number of carbonyl (C=O) groups excluding carboxylic acids is 1. The van der Waals surface area contributed by atoms with Crippen molar-refractivity contribution in [1.82, 2.24) is 5.32 Å². The lowest BCUT2D eigenvalue weighted by atomic mass is 9.94. The number of carbonyl (C=O) groups is 1. The standard InChI is InChI=1S/C28H31NO4/c1-27(2,3)33-26(30)25-24(20-31-19-21-13-7-4-8-14-21)32-28(29-25,22-15-9-5-10-16-22)23-17-11-6-12-18-23/h4-18,24-25,29H,19-20H2,1-3H3/t24-,25+/m0/s1. The van der Waals surface area contributed by atoms with Crippen molar-refractivity contribution in [1.29, 1.82) is 0 Å². The third-order valence-electron chi connectivity index (χ3n) is 5.47. The summed E-state index contributed by atoms with van der Waals surface area (Å²) >= 11 is 0. The number of nitrogens with one attached hydrogen (secondary N) is 1. The molecule has 1 aliphatic rings. The summed E-state index contributed by atoms with van der Waals surface area (Å²) in [5.74, 6) is -0.357. The van der Waals surface area contributed by atoms with Crippen LogP contribution in [-0.2, 0) is 31.3 Å². The van der Waals surface area contributed by atoms with Gasteiger partial charge in [0.2, 0.25) is 0 Å². The first-order valence-electron chi connectivity index (χ1n) is 11.3. The van der Waals surface area contributed by atoms with Gasteiger partial charge in [-0.3, -0.25) is 10.1 Å². The van der Waals surface area contributed by atoms with Gasteiger partial charge in [0.05, 0.1) is 13.2 Å². The number of ether oxygens (including phenoxy) is 3. The number of hydrogen-bond donors (Lipinski definition) is 1. The SMILES string of the molecule is CC(C)(C)OC(=O)[C@@H]1NC(c2ccccc2)(c2ccccc2)O[C@H]1COCc1ccccc1. The minimum absolute atomic E-state index is 0.243. The van der Waals surface area contributed by atoms with Gasteiger partial charge in [-0.15, -0.1) is 0 Å². The summed E-state index contributed by atoms with van der Waals surface area (Å²) in [5.41, 5.74) is 1.28. The molecule has 0 bridgehead atoms. The summed E-state index contributed by atoms with van der Waals surface area (Å²) in [7, 11) is 0. The van der Waals surface area contributed by atoms with Crippen molar-refractivity contribution in [3.63, 3.8) is 0 Å². The summed E-state index contributed by atoms with van der Waals surface area (Å²) in [6.45, 7) is 6.27. The minimum atomic E-state index is -0.995. The van der Waals surface area contributed by atoms with Crippen LogP contribution >= 0.6 is 0 Å². The second-order valence-corrected chi connectivity index (χ2v) is 9.23. The molecule has 1 saturated heterocycles. The Balaban J connectivity index is 1.64. The van der Waals surface area contributed by atoms with Gasteiger partial charge in [0.1, 0.15) is 17.7 Å². The predicted molar refractivity (Wildman–Crippen MR) is 127 cm³/mol. The van der Waals surface area contributed by atoms with Crippen LogP contribution in [0.25, 0.3) is 0 Å². The third kappa shape index (κ3) is 5.50. The Morgan fingerprint density at radius 2 is 1.39 bits per heavy atom. The van der Waals surface area contributed by atoms with Crippen molar-refractivity contribution in [2.75, 3.05) is 6.61 Å². The predicted octanol–water partition coefficient (Wildman–Crippen LogP) is 4.80. The van der Waals surface area contributed by atoms with E-state index in [1.54, 1.807) is 0 Å². The molecule has 3 aromatic carbocycles. The molecule has 5 nitrogen and oxygen atoms in total. The van der Waals surface area contributed by atoms with Crippen molar-refractivity contribution in [2.24, 2.45) is 0 Å². The lowest BCUT2D eigenvalue weighted by Crippen LogP contribution is -2.48. The fraction of sp³-hybridized carbons (Fsp3) is 0.321. The Labute approximate surface area is 195 Å². The molecule has 0 radical (unpaired) electrons. The molecule has 1 aliphatic heterocycles. The molecule has 4 rings (SSSR count). The zero-order valence-electron chi connectivity index (χ0n) is 19.4. The molecule has 1 N–H and O–H groups in total. The van der Waals surface area contributed by atoms with Gasteiger partial charge in [-0.1, -0.05) is 91.0 Å². The van der Waals surface area contributed by atoms with Gasteiger partial charge in [0.25, 0.3) is 0 Å². The van der Waals surface area contributed by atoms with Crippen molar-refractivity contribution >= 4 is 5.97 Å². The first kappa shape index (κ1) is 23.2. The third-order valence-corrected chi connectivity index (χ3v) is 5.47. The van der Waals surface area contributed by atoms with E-state index in [1.807, 2.05) is 112 Å². The van der Waals surface area contributed by atoms with Crippen LogP contribution in [0.4, 0.5) is 0 Å². The van der Waals surface area contributed by atoms with Crippen molar-refractivity contribution in [3.05, 3.63) is 108 Å². The number of rotatable bonds is 7. The highest BCUT2D eigenvalue weighted by Crippen LogP contribution is 2.38. The monoisotopic (exact) mass is 445 g/mol. The van der Waals surface area contributed by atoms with E-state index >= 15 is 0 Å². The Morgan fingerprint density at radius 3 is 1.91 bits per heavy atom. The molecule has 0 aliphatic carbocycles. The molecular formula is C28H31NO4. The molecule has 5 heteroatoms. The van der Waals surface area contributed by atoms with Crippen LogP contribution in [0.3, 0.4) is 0 Å². The zero-order valence-corrected chi connectivity index (χ0v) is 19.4. The van der Waals surface area contributed by atoms with Crippen LogP contribution in [0.2, 0.25) is 0 Å². The second kappa shape index (κ2) is 9.87. The van der Waals surface area contributed by atoms with E-state index < -0.39 is 23.5 Å². The fourth-order valence-electron chi connectivity index (χ4n) is 4.03. The molecule has 2 atom stereocenters. The smallest absolute Gasteiger partial charge is 0.326 e. The van der Waals surface area contributed by atoms with Crippen molar-refractivity contribution in [2.45, 2.75) is 50.8 Å². The fourth-order valence-corrected chi connectivity index (χ4v) is 4.03. The summed E-state index contributed by atoms with van der Waals surface area (Å²) in [4.78, 5) is 13.2. The van der Waals surface area contributed by atoms with Crippen LogP contribution in [-0.4, -0.2) is 30.3 Å². The topological polar surface area (TPSA) is 56.8 Å². The average molecular weight is 446 g/mol. The Bertz CT molecular complexity index is 992. The first-order chi connectivity index (χ1) is 15.9. The maximum Gasteiger partial charge on any atom is 0.326 e. The van der Waals surface area contributed by atoms with Crippen LogP contribution in [0, 0.1) is 0 Å². The zero-order chi connectivity index (χ0) is 23.3. The van der Waals surface area contributed by atoms with E-state index in [0.29, 0.717) is 6.61 Å². The van der Waals surface area contributed by atoms with Crippen molar-refractivity contribution < 1.29 is 19.0 Å². The Kier molecular flexibility index (Phi) is 6.94. The lowest BCUT2D eigenvalue weighted by Gasteiger charge is -2.31. The Hall–Kier alpha value is -2.99. The second-order valence-electron chi connectivity index (χ2n) is 9.23. The van der Waals surface area contributed by atoms with E-state index in [2.05, 4.69) is 5.32 Å². The number of benzene rings is 3. The molecule has 0 unspecified atom stereocenters. The first-order valence-corrected chi connectivity index (χ1v) is 11.3. The highest BCUT2D eigenvalue weighted by atomic mass is 16.6. The molecule has 1 heterocycles. The van der Waals surface area contributed by atoms with Gasteiger partial charge in [-0.25, -0.2) is 0 Å². The van der Waals surface area contributed by atoms with Gasteiger partial charge < -0.3 is 14.2 Å². The highest BCUT2D eigenvalue weighted by Gasteiger charge is 2.52. The molecule has 0 amide bonds. The summed E-state index contributed by atoms with van der Waals surface area (Å²) in [6, 6.07) is 29.0. The van der Waals surface area contributed by atoms with Gasteiger partial charge >= 0.3 is 5.97 Å². The van der Waals surface area contributed by atoms with Crippen LogP contribution < -0.4 is 5.32 Å². The van der Waals surface area contributed by atoms with Crippen LogP contribution in [0.5, 0.6) is 0 Å². The summed E-state index contributed by atoms with van der Waals surface area (Å²) in [6.07, 6.45) is -0.538. The maximum absolute atomic E-state index is 13.2. The maximum atomic E-state index is 13.2. The van der Waals surface area contributed by atoms with E-state index in [4.69, 9.17) is 14.2 Å². The average Bonchev–Trinajstić information content (AvgIpc) is 3.21. The molecule has 0 spiro atoms. The molecule has 0 aromatic heterocycles. The van der Waals surface area contributed by atoms with E-state index in [-0.39, 0.29) is 12.6 Å². The molecule has 0 saturated carbocycles. The quantitative estimate of drug-likeness (QED) is 0.529. The van der Waals surface area contributed by atoms with E-state index in [0.717, 1.165) is 16.7 Å². The molecule has 33 heavy (non-hydrogen) atoms. The lowest BCUT2D eigenvalue weighted by molar-refractivity contribution is -0.159. The minimum Gasteiger partial charge on any atom is -0.459 e. The number of esters is 1. The molecule has 172 valence electrons. The van der Waals surface area contributed by atoms with Crippen molar-refractivity contribution in [3.8, 4) is 0 Å². The van der Waals surface area contributed by atoms with E-state index in [9.17, 15) is 4.79 Å². The number of hydrogen-bond acceptors (Lipinski definition) is 5. The largest absolute Gasteiger partial charge is 0.459 e. The molecule has 3 aromatic rings.